The molecule has 2 aromatic carbocycles. The first-order valence-electron chi connectivity index (χ1n) is 8.39. The summed E-state index contributed by atoms with van der Waals surface area (Å²) in [5.74, 6) is -0.982. The summed E-state index contributed by atoms with van der Waals surface area (Å²) >= 11 is 6.20. The molecule has 0 saturated heterocycles. The van der Waals surface area contributed by atoms with Crippen molar-refractivity contribution in [3.63, 3.8) is 0 Å². The minimum absolute atomic E-state index is 0.157. The van der Waals surface area contributed by atoms with Gasteiger partial charge in [0.05, 0.1) is 5.02 Å². The van der Waals surface area contributed by atoms with Gasteiger partial charge in [0.2, 0.25) is 0 Å². The van der Waals surface area contributed by atoms with Crippen molar-refractivity contribution in [2.24, 2.45) is 0 Å². The Kier molecular flexibility index (Phi) is 5.92. The Morgan fingerprint density at radius 1 is 1.04 bits per heavy atom. The van der Waals surface area contributed by atoms with E-state index in [0.717, 1.165) is 23.7 Å². The second-order valence-electron chi connectivity index (χ2n) is 5.87. The topological polar surface area (TPSA) is 71.2 Å². The largest absolute Gasteiger partial charge is 0.451 e. The van der Waals surface area contributed by atoms with Gasteiger partial charge in [0.15, 0.2) is 6.61 Å². The zero-order valence-electron chi connectivity index (χ0n) is 14.1. The molecule has 1 heterocycles. The first-order valence-corrected chi connectivity index (χ1v) is 8.77. The summed E-state index contributed by atoms with van der Waals surface area (Å²) in [6.07, 6.45) is 1.70. The normalized spacial score (nSPS) is 10.7. The fourth-order valence-corrected chi connectivity index (χ4v) is 2.96. The number of benzene rings is 2. The summed E-state index contributed by atoms with van der Waals surface area (Å²) in [6, 6.07) is 17.3. The number of hydrogen-bond donors (Lipinski definition) is 2. The summed E-state index contributed by atoms with van der Waals surface area (Å²) in [4.78, 5) is 26.9. The maximum Gasteiger partial charge on any atom is 0.356 e. The van der Waals surface area contributed by atoms with Crippen molar-refractivity contribution in [2.45, 2.75) is 12.8 Å². The second-order valence-corrected chi connectivity index (χ2v) is 6.25. The summed E-state index contributed by atoms with van der Waals surface area (Å²) in [5, 5.41) is 3.78. The van der Waals surface area contributed by atoms with Gasteiger partial charge >= 0.3 is 5.97 Å². The molecule has 134 valence electrons. The molecule has 6 heteroatoms. The number of aromatic nitrogens is 1. The molecule has 3 rings (SSSR count). The Bertz CT molecular complexity index is 906. The van der Waals surface area contributed by atoms with Crippen molar-refractivity contribution in [1.82, 2.24) is 10.3 Å². The number of carbonyl (C=O) groups is 2. The molecule has 0 bridgehead atoms. The van der Waals surface area contributed by atoms with Crippen molar-refractivity contribution in [3.05, 3.63) is 70.9 Å². The van der Waals surface area contributed by atoms with Crippen LogP contribution < -0.4 is 5.32 Å². The molecule has 0 atom stereocenters. The minimum Gasteiger partial charge on any atom is -0.451 e. The Morgan fingerprint density at radius 3 is 2.54 bits per heavy atom. The van der Waals surface area contributed by atoms with E-state index >= 15 is 0 Å². The molecule has 0 unspecified atom stereocenters. The molecule has 1 aromatic heterocycles. The van der Waals surface area contributed by atoms with Crippen molar-refractivity contribution in [1.29, 1.82) is 0 Å². The van der Waals surface area contributed by atoms with Crippen molar-refractivity contribution < 1.29 is 14.3 Å². The molecular formula is C20H19ClN2O3. The number of nitrogens with one attached hydrogen (secondary N) is 2. The third kappa shape index (κ3) is 4.43. The summed E-state index contributed by atoms with van der Waals surface area (Å²) < 4.78 is 5.05. The molecule has 5 nitrogen and oxygen atoms in total. The molecule has 2 N–H and O–H groups in total. The lowest BCUT2D eigenvalue weighted by atomic mass is 10.1. The van der Waals surface area contributed by atoms with Crippen molar-refractivity contribution >= 4 is 34.4 Å². The summed E-state index contributed by atoms with van der Waals surface area (Å²) in [5.41, 5.74) is 2.13. The fraction of sp³-hybridized carbons (Fsp3) is 0.200. The third-order valence-electron chi connectivity index (χ3n) is 3.99. The van der Waals surface area contributed by atoms with Crippen LogP contribution in [0.3, 0.4) is 0 Å². The van der Waals surface area contributed by atoms with E-state index in [9.17, 15) is 9.59 Å². The molecule has 0 spiro atoms. The highest BCUT2D eigenvalue weighted by Crippen LogP contribution is 2.27. The lowest BCUT2D eigenvalue weighted by Gasteiger charge is -2.06. The number of aromatic amines is 1. The maximum atomic E-state index is 12.1. The van der Waals surface area contributed by atoms with Crippen LogP contribution in [-0.4, -0.2) is 30.0 Å². The molecule has 0 aliphatic carbocycles. The Hall–Kier alpha value is -2.79. The quantitative estimate of drug-likeness (QED) is 0.491. The average Bonchev–Trinajstić information content (AvgIpc) is 3.01. The number of fused-ring (bicyclic) bond motifs is 1. The van der Waals surface area contributed by atoms with Crippen LogP contribution in [-0.2, 0) is 16.0 Å². The highest BCUT2D eigenvalue weighted by Gasteiger charge is 2.18. The number of para-hydroxylation sites is 1. The van der Waals surface area contributed by atoms with Crippen LogP contribution in [0.2, 0.25) is 5.02 Å². The fourth-order valence-electron chi connectivity index (χ4n) is 2.67. The average molecular weight is 371 g/mol. The number of aryl methyl sites for hydroxylation is 1. The van der Waals surface area contributed by atoms with E-state index < -0.39 is 5.97 Å². The number of H-pyrrole nitrogens is 1. The first-order chi connectivity index (χ1) is 12.6. The van der Waals surface area contributed by atoms with Gasteiger partial charge in [0.25, 0.3) is 5.91 Å². The van der Waals surface area contributed by atoms with Crippen LogP contribution in [0, 0.1) is 0 Å². The van der Waals surface area contributed by atoms with E-state index in [4.69, 9.17) is 16.3 Å². The summed E-state index contributed by atoms with van der Waals surface area (Å²) in [7, 11) is 0. The van der Waals surface area contributed by atoms with Gasteiger partial charge in [0, 0.05) is 17.4 Å². The first kappa shape index (κ1) is 18.0. The van der Waals surface area contributed by atoms with Gasteiger partial charge in [-0.2, -0.15) is 0 Å². The lowest BCUT2D eigenvalue weighted by Crippen LogP contribution is -2.29. The van der Waals surface area contributed by atoms with E-state index in [1.54, 1.807) is 0 Å². The van der Waals surface area contributed by atoms with E-state index in [0.29, 0.717) is 11.6 Å². The van der Waals surface area contributed by atoms with Crippen LogP contribution in [0.15, 0.2) is 54.6 Å². The zero-order valence-corrected chi connectivity index (χ0v) is 14.9. The highest BCUT2D eigenvalue weighted by atomic mass is 35.5. The molecule has 3 aromatic rings. The number of carbonyl (C=O) groups excluding carboxylic acids is 2. The predicted octanol–water partition coefficient (Wildman–Crippen LogP) is 3.73. The van der Waals surface area contributed by atoms with Crippen LogP contribution in [0.4, 0.5) is 0 Å². The molecule has 26 heavy (non-hydrogen) atoms. The zero-order chi connectivity index (χ0) is 18.4. The highest BCUT2D eigenvalue weighted by molar-refractivity contribution is 6.38. The van der Waals surface area contributed by atoms with Crippen LogP contribution in [0.1, 0.15) is 22.5 Å². The monoisotopic (exact) mass is 370 g/mol. The molecule has 0 saturated carbocycles. The van der Waals surface area contributed by atoms with Crippen LogP contribution in [0.25, 0.3) is 10.9 Å². The van der Waals surface area contributed by atoms with Gasteiger partial charge in [-0.3, -0.25) is 4.79 Å². The Balaban J connectivity index is 1.43. The number of rotatable bonds is 7. The van der Waals surface area contributed by atoms with Crippen LogP contribution in [0.5, 0.6) is 0 Å². The molecule has 0 aliphatic heterocycles. The van der Waals surface area contributed by atoms with E-state index in [1.165, 1.54) is 5.56 Å². The van der Waals surface area contributed by atoms with Crippen molar-refractivity contribution in [2.75, 3.05) is 13.2 Å². The maximum absolute atomic E-state index is 12.1. The van der Waals surface area contributed by atoms with Gasteiger partial charge in [-0.15, -0.1) is 0 Å². The Labute approximate surface area is 156 Å². The van der Waals surface area contributed by atoms with Gasteiger partial charge in [-0.05, 0) is 24.5 Å². The Morgan fingerprint density at radius 2 is 1.77 bits per heavy atom. The standard InChI is InChI=1S/C20H19ClN2O3/c21-18-15-10-4-5-11-16(15)23-19(18)20(25)26-13-17(24)22-12-6-9-14-7-2-1-3-8-14/h1-5,7-8,10-11,23H,6,9,12-13H2,(H,22,24). The smallest absolute Gasteiger partial charge is 0.356 e. The number of halogens is 1. The minimum atomic E-state index is -0.648. The van der Waals surface area contributed by atoms with Gasteiger partial charge in [-0.25, -0.2) is 4.79 Å². The lowest BCUT2D eigenvalue weighted by molar-refractivity contribution is -0.124. The van der Waals surface area contributed by atoms with E-state index in [-0.39, 0.29) is 18.2 Å². The SMILES string of the molecule is O=C(COC(=O)c1[nH]c2ccccc2c1Cl)NCCCc1ccccc1. The molecule has 0 radical (unpaired) electrons. The van der Waals surface area contributed by atoms with Gasteiger partial charge in [0.1, 0.15) is 5.69 Å². The number of amides is 1. The molecule has 0 fully saturated rings. The third-order valence-corrected chi connectivity index (χ3v) is 4.38. The second kappa shape index (κ2) is 8.54. The predicted molar refractivity (Wildman–Crippen MR) is 101 cm³/mol. The number of hydrogen-bond acceptors (Lipinski definition) is 3. The van der Waals surface area contributed by atoms with Gasteiger partial charge < -0.3 is 15.0 Å². The van der Waals surface area contributed by atoms with E-state index in [2.05, 4.69) is 10.3 Å². The molecule has 1 amide bonds. The van der Waals surface area contributed by atoms with E-state index in [1.807, 2.05) is 54.6 Å². The number of esters is 1. The van der Waals surface area contributed by atoms with Crippen LogP contribution >= 0.6 is 11.6 Å². The van der Waals surface area contributed by atoms with Crippen molar-refractivity contribution in [3.8, 4) is 0 Å². The van der Waals surface area contributed by atoms with Gasteiger partial charge in [-0.1, -0.05) is 60.1 Å². The molecular weight excluding hydrogens is 352 g/mol. The summed E-state index contributed by atoms with van der Waals surface area (Å²) in [6.45, 7) is 0.189. The number of ether oxygens (including phenoxy) is 1. The molecule has 0 aliphatic rings.